The van der Waals surface area contributed by atoms with Crippen LogP contribution in [0.4, 0.5) is 0 Å². The monoisotopic (exact) mass is 224 g/mol. The van der Waals surface area contributed by atoms with Crippen molar-refractivity contribution in [2.24, 2.45) is 11.7 Å². The Labute approximate surface area is 101 Å². The molecule has 0 radical (unpaired) electrons. The van der Waals surface area contributed by atoms with E-state index >= 15 is 0 Å². The minimum atomic E-state index is 0. The Morgan fingerprint density at radius 2 is 1.47 bits per heavy atom. The number of nitrogens with two attached hydrogens (primary N) is 1. The van der Waals surface area contributed by atoms with Crippen LogP contribution in [-0.2, 0) is 0 Å². The van der Waals surface area contributed by atoms with Crippen LogP contribution in [-0.4, -0.2) is 20.1 Å². The van der Waals surface area contributed by atoms with Crippen molar-refractivity contribution in [1.29, 1.82) is 0 Å². The van der Waals surface area contributed by atoms with Gasteiger partial charge in [0, 0.05) is 0 Å². The van der Waals surface area contributed by atoms with E-state index in [9.17, 15) is 0 Å². The fourth-order valence-corrected chi connectivity index (χ4v) is 0.417. The van der Waals surface area contributed by atoms with E-state index in [-0.39, 0.29) is 29.7 Å². The zero-order valence-electron chi connectivity index (χ0n) is 8.48. The van der Waals surface area contributed by atoms with Crippen molar-refractivity contribution in [2.45, 2.75) is 63.3 Å². The molecule has 0 spiro atoms. The summed E-state index contributed by atoms with van der Waals surface area (Å²) in [5.74, 6) is 0.713. The summed E-state index contributed by atoms with van der Waals surface area (Å²) in [6.07, 6.45) is 2.44. The average Bonchev–Trinajstić information content (AvgIpc) is 2.06. The minimum Gasteiger partial charge on any atom is -0.330 e. The van der Waals surface area contributed by atoms with Gasteiger partial charge in [-0.3, -0.25) is 0 Å². The highest BCUT2D eigenvalue weighted by atomic mass is 14.8. The molecule has 0 saturated carbocycles. The molecule has 2 heteroatoms. The van der Waals surface area contributed by atoms with Gasteiger partial charge in [-0.2, -0.15) is 0 Å². The molecule has 0 fully saturated rings. The molecule has 0 aliphatic heterocycles. The molecule has 15 heavy (non-hydrogen) atoms. The highest BCUT2D eigenvalue weighted by molar-refractivity contribution is 4.45. The summed E-state index contributed by atoms with van der Waals surface area (Å²) >= 11 is 0. The van der Waals surface area contributed by atoms with Gasteiger partial charge in [-0.15, -0.1) is 0 Å². The largest absolute Gasteiger partial charge is 0.330 e. The Bertz CT molecular complexity index is 50.5. The van der Waals surface area contributed by atoms with Gasteiger partial charge in [0.15, 0.2) is 0 Å². The average molecular weight is 224 g/mol. The maximum Gasteiger partial charge on any atom is -0.00516 e. The van der Waals surface area contributed by atoms with Crippen molar-refractivity contribution in [1.82, 2.24) is 5.32 Å². The van der Waals surface area contributed by atoms with E-state index in [1.165, 1.54) is 12.8 Å². The van der Waals surface area contributed by atoms with Gasteiger partial charge in [0.25, 0.3) is 0 Å². The third kappa shape index (κ3) is 56.4. The van der Waals surface area contributed by atoms with Crippen molar-refractivity contribution < 1.29 is 0 Å². The van der Waals surface area contributed by atoms with Gasteiger partial charge in [-0.25, -0.2) is 0 Å². The van der Waals surface area contributed by atoms with Gasteiger partial charge >= 0.3 is 0 Å². The molecule has 0 saturated heterocycles. The Kier molecular flexibility index (Phi) is 89.7. The van der Waals surface area contributed by atoms with E-state index in [4.69, 9.17) is 5.73 Å². The lowest BCUT2D eigenvalue weighted by atomic mass is 10.1. The molecule has 1 unspecified atom stereocenters. The lowest BCUT2D eigenvalue weighted by Gasteiger charge is -1.98. The fourth-order valence-electron chi connectivity index (χ4n) is 0.417. The van der Waals surface area contributed by atoms with E-state index in [0.717, 1.165) is 13.1 Å². The first-order chi connectivity index (χ1) is 5.22. The van der Waals surface area contributed by atoms with Crippen molar-refractivity contribution >= 4 is 0 Å². The summed E-state index contributed by atoms with van der Waals surface area (Å²) < 4.78 is 0. The van der Waals surface area contributed by atoms with Crippen LogP contribution < -0.4 is 11.1 Å². The van der Waals surface area contributed by atoms with Gasteiger partial charge in [-0.05, 0) is 32.5 Å². The van der Waals surface area contributed by atoms with Crippen molar-refractivity contribution in [3.05, 3.63) is 0 Å². The predicted octanol–water partition coefficient (Wildman–Crippen LogP) is 4.15. The minimum absolute atomic E-state index is 0. The molecule has 0 aliphatic rings. The Morgan fingerprint density at radius 1 is 1.07 bits per heavy atom. The lowest BCUT2D eigenvalue weighted by Crippen LogP contribution is -2.08. The van der Waals surface area contributed by atoms with Crippen LogP contribution in [0.5, 0.6) is 0 Å². The summed E-state index contributed by atoms with van der Waals surface area (Å²) in [5, 5.41) is 3.02. The quantitative estimate of drug-likeness (QED) is 0.753. The molecule has 0 aliphatic carbocycles. The third-order valence-corrected chi connectivity index (χ3v) is 1.60. The molecular formula is C13H40N2. The molecule has 0 amide bonds. The number of hydrogen-bond donors (Lipinski definition) is 2. The second-order valence-corrected chi connectivity index (χ2v) is 2.85. The van der Waals surface area contributed by atoms with Crippen LogP contribution in [0.25, 0.3) is 0 Å². The van der Waals surface area contributed by atoms with Crippen LogP contribution >= 0.6 is 0 Å². The molecule has 102 valence electrons. The molecule has 0 aromatic carbocycles. The highest BCUT2D eigenvalue weighted by Gasteiger charge is 1.88. The van der Waals surface area contributed by atoms with Crippen molar-refractivity contribution in [3.63, 3.8) is 0 Å². The molecule has 1 atom stereocenters. The SMILES string of the molecule is C.C.C.C.CCC(C)CN.CCCNC. The molecule has 2 nitrogen and oxygen atoms in total. The third-order valence-electron chi connectivity index (χ3n) is 1.60. The molecule has 0 aromatic heterocycles. The summed E-state index contributed by atoms with van der Waals surface area (Å²) in [6.45, 7) is 8.42. The van der Waals surface area contributed by atoms with E-state index in [1.54, 1.807) is 0 Å². The maximum absolute atomic E-state index is 5.28. The molecule has 0 heterocycles. The second kappa shape index (κ2) is 37.0. The van der Waals surface area contributed by atoms with E-state index < -0.39 is 0 Å². The second-order valence-electron chi connectivity index (χ2n) is 2.85. The number of hydrogen-bond acceptors (Lipinski definition) is 2. The standard InChI is InChI=1S/C5H13N.C4H11N.4CH4/c1-3-5(2)4-6;1-3-4-5-2;;;;/h5H,3-4,6H2,1-2H3;5H,3-4H2,1-2H3;4*1H4. The molecule has 0 rings (SSSR count). The predicted molar refractivity (Wildman–Crippen MR) is 79.7 cm³/mol. The van der Waals surface area contributed by atoms with Gasteiger partial charge in [-0.1, -0.05) is 56.9 Å². The highest BCUT2D eigenvalue weighted by Crippen LogP contribution is 1.93. The van der Waals surface area contributed by atoms with Gasteiger partial charge in [0.1, 0.15) is 0 Å². The number of nitrogens with one attached hydrogen (secondary N) is 1. The van der Waals surface area contributed by atoms with Gasteiger partial charge in [0.05, 0.1) is 0 Å². The van der Waals surface area contributed by atoms with E-state index in [0.29, 0.717) is 5.92 Å². The van der Waals surface area contributed by atoms with E-state index in [1.807, 2.05) is 7.05 Å². The summed E-state index contributed by atoms with van der Waals surface area (Å²) in [7, 11) is 1.96. The van der Waals surface area contributed by atoms with Crippen LogP contribution in [0.3, 0.4) is 0 Å². The molecule has 0 aromatic rings. The van der Waals surface area contributed by atoms with Crippen LogP contribution in [0.2, 0.25) is 0 Å². The fraction of sp³-hybridized carbons (Fsp3) is 1.00. The summed E-state index contributed by atoms with van der Waals surface area (Å²) in [4.78, 5) is 0. The van der Waals surface area contributed by atoms with E-state index in [2.05, 4.69) is 26.1 Å². The first kappa shape index (κ1) is 36.3. The van der Waals surface area contributed by atoms with Gasteiger partial charge < -0.3 is 11.1 Å². The first-order valence-electron chi connectivity index (χ1n) is 4.57. The van der Waals surface area contributed by atoms with Crippen molar-refractivity contribution in [3.8, 4) is 0 Å². The topological polar surface area (TPSA) is 38.0 Å². The lowest BCUT2D eigenvalue weighted by molar-refractivity contribution is 0.576. The molecule has 3 N–H and O–H groups in total. The smallest absolute Gasteiger partial charge is 0.00516 e. The summed E-state index contributed by atoms with van der Waals surface area (Å²) in [6, 6.07) is 0. The molecule has 0 bridgehead atoms. The molecular weight excluding hydrogens is 184 g/mol. The number of rotatable bonds is 4. The van der Waals surface area contributed by atoms with Crippen LogP contribution in [0, 0.1) is 5.92 Å². The summed E-state index contributed by atoms with van der Waals surface area (Å²) in [5.41, 5.74) is 5.28. The van der Waals surface area contributed by atoms with Gasteiger partial charge in [0.2, 0.25) is 0 Å². The zero-order chi connectivity index (χ0) is 9.11. The normalized spacial score (nSPS) is 8.60. The van der Waals surface area contributed by atoms with Crippen LogP contribution in [0.1, 0.15) is 63.3 Å². The van der Waals surface area contributed by atoms with Crippen LogP contribution in [0.15, 0.2) is 0 Å². The Balaban J connectivity index is -0.0000000215. The van der Waals surface area contributed by atoms with Crippen molar-refractivity contribution in [2.75, 3.05) is 20.1 Å². The zero-order valence-corrected chi connectivity index (χ0v) is 8.48. The Morgan fingerprint density at radius 3 is 1.47 bits per heavy atom. The first-order valence-corrected chi connectivity index (χ1v) is 4.57. The maximum atomic E-state index is 5.28. The Hall–Kier alpha value is -0.0800.